The summed E-state index contributed by atoms with van der Waals surface area (Å²) < 4.78 is 0. The molecule has 17 heavy (non-hydrogen) atoms. The normalized spacial score (nSPS) is 12.9. The Bertz CT molecular complexity index is 493. The Balaban J connectivity index is 2.85. The SMILES string of the molecule is CC[C@@](C)(C#N)NC(=O)c1ccc(C#N)cc1. The van der Waals surface area contributed by atoms with Crippen LogP contribution in [0.1, 0.15) is 36.2 Å². The molecule has 0 unspecified atom stereocenters. The molecule has 0 heterocycles. The molecule has 4 heteroatoms. The molecule has 1 amide bonds. The molecule has 4 nitrogen and oxygen atoms in total. The summed E-state index contributed by atoms with van der Waals surface area (Å²) in [7, 11) is 0. The van der Waals surface area contributed by atoms with Crippen LogP contribution in [0, 0.1) is 22.7 Å². The van der Waals surface area contributed by atoms with Crippen LogP contribution in [0.5, 0.6) is 0 Å². The van der Waals surface area contributed by atoms with Gasteiger partial charge in [-0.05, 0) is 37.6 Å². The number of nitrogens with zero attached hydrogens (tertiary/aromatic N) is 2. The van der Waals surface area contributed by atoms with Gasteiger partial charge in [0.15, 0.2) is 0 Å². The maximum Gasteiger partial charge on any atom is 0.252 e. The Morgan fingerprint density at radius 1 is 1.35 bits per heavy atom. The molecule has 0 spiro atoms. The zero-order valence-electron chi connectivity index (χ0n) is 9.82. The molecule has 0 saturated heterocycles. The number of nitrogens with one attached hydrogen (secondary N) is 1. The lowest BCUT2D eigenvalue weighted by Crippen LogP contribution is -2.44. The molecule has 0 bridgehead atoms. The molecule has 1 N–H and O–H groups in total. The predicted molar refractivity (Wildman–Crippen MR) is 62.9 cm³/mol. The summed E-state index contributed by atoms with van der Waals surface area (Å²) in [6.07, 6.45) is 0.533. The third-order valence-electron chi connectivity index (χ3n) is 2.62. The van der Waals surface area contributed by atoms with Crippen molar-refractivity contribution in [3.63, 3.8) is 0 Å². The van der Waals surface area contributed by atoms with Crippen molar-refractivity contribution in [2.24, 2.45) is 0 Å². The summed E-state index contributed by atoms with van der Waals surface area (Å²) in [5.74, 6) is -0.305. The van der Waals surface area contributed by atoms with Crippen LogP contribution in [-0.4, -0.2) is 11.4 Å². The second-order valence-corrected chi connectivity index (χ2v) is 3.94. The molecular weight excluding hydrogens is 214 g/mol. The van der Waals surface area contributed by atoms with E-state index in [2.05, 4.69) is 11.4 Å². The fourth-order valence-electron chi connectivity index (χ4n) is 1.21. The average molecular weight is 227 g/mol. The van der Waals surface area contributed by atoms with Gasteiger partial charge < -0.3 is 5.32 Å². The van der Waals surface area contributed by atoms with Crippen molar-refractivity contribution in [3.8, 4) is 12.1 Å². The summed E-state index contributed by atoms with van der Waals surface area (Å²) >= 11 is 0. The first-order chi connectivity index (χ1) is 8.04. The molecule has 1 aromatic rings. The lowest BCUT2D eigenvalue weighted by molar-refractivity contribution is 0.0923. The van der Waals surface area contributed by atoms with E-state index in [1.165, 1.54) is 0 Å². The van der Waals surface area contributed by atoms with E-state index in [0.717, 1.165) is 0 Å². The number of rotatable bonds is 3. The minimum atomic E-state index is -0.856. The van der Waals surface area contributed by atoms with Crippen molar-refractivity contribution in [3.05, 3.63) is 35.4 Å². The van der Waals surface area contributed by atoms with Gasteiger partial charge in [0.1, 0.15) is 5.54 Å². The zero-order chi connectivity index (χ0) is 12.9. The van der Waals surface area contributed by atoms with Gasteiger partial charge in [-0.1, -0.05) is 6.92 Å². The Labute approximate surface area is 100 Å². The van der Waals surface area contributed by atoms with Gasteiger partial charge in [-0.25, -0.2) is 0 Å². The second kappa shape index (κ2) is 5.14. The third kappa shape index (κ3) is 3.06. The van der Waals surface area contributed by atoms with Crippen LogP contribution in [-0.2, 0) is 0 Å². The molecule has 0 radical (unpaired) electrons. The molecule has 1 atom stereocenters. The maximum absolute atomic E-state index is 11.8. The van der Waals surface area contributed by atoms with Crippen molar-refractivity contribution in [1.29, 1.82) is 10.5 Å². The van der Waals surface area contributed by atoms with Crippen molar-refractivity contribution in [1.82, 2.24) is 5.32 Å². The van der Waals surface area contributed by atoms with Crippen LogP contribution in [0.2, 0.25) is 0 Å². The summed E-state index contributed by atoms with van der Waals surface area (Å²) in [5, 5.41) is 20.3. The fraction of sp³-hybridized carbons (Fsp3) is 0.308. The molecular formula is C13H13N3O. The molecule has 86 valence electrons. The van der Waals surface area contributed by atoms with Gasteiger partial charge in [0.25, 0.3) is 5.91 Å². The molecule has 0 aliphatic heterocycles. The largest absolute Gasteiger partial charge is 0.334 e. The van der Waals surface area contributed by atoms with E-state index in [-0.39, 0.29) is 5.91 Å². The van der Waals surface area contributed by atoms with Gasteiger partial charge in [0.2, 0.25) is 0 Å². The van der Waals surface area contributed by atoms with E-state index in [1.807, 2.05) is 13.0 Å². The van der Waals surface area contributed by atoms with E-state index < -0.39 is 5.54 Å². The van der Waals surface area contributed by atoms with E-state index >= 15 is 0 Å². The predicted octanol–water partition coefficient (Wildman–Crippen LogP) is 1.98. The zero-order valence-corrected chi connectivity index (χ0v) is 9.82. The number of carbonyl (C=O) groups excluding carboxylic acids is 1. The summed E-state index contributed by atoms with van der Waals surface area (Å²) in [4.78, 5) is 11.8. The monoisotopic (exact) mass is 227 g/mol. The quantitative estimate of drug-likeness (QED) is 0.857. The Kier molecular flexibility index (Phi) is 3.85. The molecule has 0 fully saturated rings. The first-order valence-electron chi connectivity index (χ1n) is 5.28. The fourth-order valence-corrected chi connectivity index (χ4v) is 1.21. The molecule has 0 aromatic heterocycles. The average Bonchev–Trinajstić information content (AvgIpc) is 2.38. The van der Waals surface area contributed by atoms with Crippen molar-refractivity contribution >= 4 is 5.91 Å². The highest BCUT2D eigenvalue weighted by Gasteiger charge is 2.23. The number of hydrogen-bond acceptors (Lipinski definition) is 3. The number of hydrogen-bond donors (Lipinski definition) is 1. The molecule has 0 saturated carbocycles. The van der Waals surface area contributed by atoms with Gasteiger partial charge in [0.05, 0.1) is 17.7 Å². The van der Waals surface area contributed by atoms with E-state index in [4.69, 9.17) is 10.5 Å². The van der Waals surface area contributed by atoms with Gasteiger partial charge in [-0.15, -0.1) is 0 Å². The first-order valence-corrected chi connectivity index (χ1v) is 5.28. The van der Waals surface area contributed by atoms with E-state index in [9.17, 15) is 4.79 Å². The second-order valence-electron chi connectivity index (χ2n) is 3.94. The van der Waals surface area contributed by atoms with Gasteiger partial charge in [0, 0.05) is 5.56 Å². The highest BCUT2D eigenvalue weighted by molar-refractivity contribution is 5.95. The number of benzene rings is 1. The lowest BCUT2D eigenvalue weighted by atomic mass is 10.0. The Hall–Kier alpha value is -2.33. The minimum Gasteiger partial charge on any atom is -0.334 e. The first kappa shape index (κ1) is 12.7. The molecule has 1 aromatic carbocycles. The van der Waals surface area contributed by atoms with Crippen LogP contribution in [0.15, 0.2) is 24.3 Å². The van der Waals surface area contributed by atoms with Crippen LogP contribution < -0.4 is 5.32 Å². The van der Waals surface area contributed by atoms with Crippen LogP contribution in [0.3, 0.4) is 0 Å². The number of carbonyl (C=O) groups is 1. The highest BCUT2D eigenvalue weighted by Crippen LogP contribution is 2.10. The van der Waals surface area contributed by atoms with E-state index in [0.29, 0.717) is 17.5 Å². The van der Waals surface area contributed by atoms with Gasteiger partial charge in [-0.3, -0.25) is 4.79 Å². The van der Waals surface area contributed by atoms with Crippen molar-refractivity contribution < 1.29 is 4.79 Å². The third-order valence-corrected chi connectivity index (χ3v) is 2.62. The number of nitriles is 2. The topological polar surface area (TPSA) is 76.7 Å². The van der Waals surface area contributed by atoms with Crippen LogP contribution >= 0.6 is 0 Å². The van der Waals surface area contributed by atoms with Crippen LogP contribution in [0.25, 0.3) is 0 Å². The van der Waals surface area contributed by atoms with Crippen molar-refractivity contribution in [2.45, 2.75) is 25.8 Å². The molecule has 1 rings (SSSR count). The maximum atomic E-state index is 11.8. The summed E-state index contributed by atoms with van der Waals surface area (Å²) in [6, 6.07) is 10.3. The minimum absolute atomic E-state index is 0.305. The summed E-state index contributed by atoms with van der Waals surface area (Å²) in [6.45, 7) is 3.51. The van der Waals surface area contributed by atoms with Gasteiger partial charge in [-0.2, -0.15) is 10.5 Å². The Morgan fingerprint density at radius 2 is 1.94 bits per heavy atom. The standard InChI is InChI=1S/C13H13N3O/c1-3-13(2,9-15)16-12(17)11-6-4-10(8-14)5-7-11/h4-7H,3H2,1-2H3,(H,16,17)/t13-/m0/s1. The lowest BCUT2D eigenvalue weighted by Gasteiger charge is -2.21. The Morgan fingerprint density at radius 3 is 2.35 bits per heavy atom. The number of amides is 1. The van der Waals surface area contributed by atoms with Crippen molar-refractivity contribution in [2.75, 3.05) is 0 Å². The van der Waals surface area contributed by atoms with Crippen LogP contribution in [0.4, 0.5) is 0 Å². The molecule has 0 aliphatic rings. The highest BCUT2D eigenvalue weighted by atomic mass is 16.1. The summed E-state index contributed by atoms with van der Waals surface area (Å²) in [5.41, 5.74) is 0.0874. The smallest absolute Gasteiger partial charge is 0.252 e. The van der Waals surface area contributed by atoms with Gasteiger partial charge >= 0.3 is 0 Å². The van der Waals surface area contributed by atoms with E-state index in [1.54, 1.807) is 31.2 Å². The molecule has 0 aliphatic carbocycles.